The number of carbonyl (C=O) groups excluding carboxylic acids is 1. The summed E-state index contributed by atoms with van der Waals surface area (Å²) in [6.07, 6.45) is -0.205. The molecule has 1 amide bonds. The van der Waals surface area contributed by atoms with E-state index in [4.69, 9.17) is 9.47 Å². The highest BCUT2D eigenvalue weighted by molar-refractivity contribution is 5.81. The number of amides is 1. The number of ether oxygens (including phenoxy) is 2. The summed E-state index contributed by atoms with van der Waals surface area (Å²) in [5, 5.41) is 9.36. The Balaban J connectivity index is 0.00000163. The Morgan fingerprint density at radius 2 is 1.81 bits per heavy atom. The first-order valence-electron chi connectivity index (χ1n) is 9.10. The maximum Gasteiger partial charge on any atom is 0.411 e. The Hall–Kier alpha value is -2.08. The van der Waals surface area contributed by atoms with E-state index in [-0.39, 0.29) is 5.92 Å². The minimum Gasteiger partial charge on any atom is -0.480 e. The first-order valence-corrected chi connectivity index (χ1v) is 9.10. The van der Waals surface area contributed by atoms with Crippen LogP contribution in [0.5, 0.6) is 0 Å². The van der Waals surface area contributed by atoms with Crippen molar-refractivity contribution in [2.24, 2.45) is 5.92 Å². The molecular weight excluding hydrogens is 334 g/mol. The van der Waals surface area contributed by atoms with Gasteiger partial charge in [0, 0.05) is 12.5 Å². The lowest BCUT2D eigenvalue weighted by Crippen LogP contribution is -2.43. The third-order valence-electron chi connectivity index (χ3n) is 3.77. The van der Waals surface area contributed by atoms with Crippen molar-refractivity contribution >= 4 is 12.1 Å². The molecule has 1 saturated heterocycles. The van der Waals surface area contributed by atoms with E-state index >= 15 is 0 Å². The summed E-state index contributed by atoms with van der Waals surface area (Å²) in [5.74, 6) is -1.02. The van der Waals surface area contributed by atoms with Crippen LogP contribution in [0.25, 0.3) is 0 Å². The van der Waals surface area contributed by atoms with Gasteiger partial charge in [-0.3, -0.25) is 4.90 Å². The van der Waals surface area contributed by atoms with Crippen LogP contribution in [0.4, 0.5) is 4.79 Å². The van der Waals surface area contributed by atoms with Crippen molar-refractivity contribution in [3.63, 3.8) is 0 Å². The van der Waals surface area contributed by atoms with E-state index in [9.17, 15) is 14.7 Å². The molecule has 0 radical (unpaired) electrons. The number of rotatable bonds is 5. The lowest BCUT2D eigenvalue weighted by atomic mass is 10.1. The molecule has 1 fully saturated rings. The van der Waals surface area contributed by atoms with E-state index in [1.807, 2.05) is 44.2 Å². The van der Waals surface area contributed by atoms with Gasteiger partial charge in [0.05, 0.1) is 13.2 Å². The highest BCUT2D eigenvalue weighted by atomic mass is 16.6. The molecule has 2 atom stereocenters. The molecule has 1 aliphatic rings. The van der Waals surface area contributed by atoms with Crippen molar-refractivity contribution in [3.05, 3.63) is 35.9 Å². The molecule has 6 heteroatoms. The summed E-state index contributed by atoms with van der Waals surface area (Å²) < 4.78 is 11.0. The fourth-order valence-electron chi connectivity index (χ4n) is 2.72. The quantitative estimate of drug-likeness (QED) is 0.855. The molecule has 0 aliphatic carbocycles. The van der Waals surface area contributed by atoms with Crippen molar-refractivity contribution < 1.29 is 24.2 Å². The van der Waals surface area contributed by atoms with Gasteiger partial charge in [-0.25, -0.2) is 9.59 Å². The molecule has 0 saturated carbocycles. The molecule has 1 aromatic rings. The van der Waals surface area contributed by atoms with Crippen molar-refractivity contribution in [2.45, 2.75) is 59.3 Å². The second-order valence-electron chi connectivity index (χ2n) is 7.09. The Morgan fingerprint density at radius 3 is 2.35 bits per heavy atom. The third kappa shape index (κ3) is 7.04. The molecule has 2 rings (SSSR count). The largest absolute Gasteiger partial charge is 0.480 e. The molecule has 1 N–H and O–H groups in total. The second-order valence-corrected chi connectivity index (χ2v) is 7.09. The zero-order valence-electron chi connectivity index (χ0n) is 16.4. The number of carboxylic acid groups (broad SMARTS) is 1. The van der Waals surface area contributed by atoms with Crippen LogP contribution in [0, 0.1) is 5.92 Å². The fourth-order valence-corrected chi connectivity index (χ4v) is 2.72. The summed E-state index contributed by atoms with van der Waals surface area (Å²) in [6.45, 7) is 10.5. The molecule has 0 aromatic heterocycles. The number of carboxylic acids is 1. The van der Waals surface area contributed by atoms with Crippen LogP contribution in [0.1, 0.15) is 46.6 Å². The second kappa shape index (κ2) is 10.2. The van der Waals surface area contributed by atoms with Gasteiger partial charge in [0.25, 0.3) is 0 Å². The molecule has 146 valence electrons. The van der Waals surface area contributed by atoms with Crippen LogP contribution in [0.2, 0.25) is 0 Å². The summed E-state index contributed by atoms with van der Waals surface area (Å²) >= 11 is 0. The summed E-state index contributed by atoms with van der Waals surface area (Å²) in [7, 11) is 0. The Labute approximate surface area is 156 Å². The van der Waals surface area contributed by atoms with Crippen molar-refractivity contribution in [3.8, 4) is 0 Å². The molecule has 1 aliphatic heterocycles. The standard InChI is InChI=1S/C18H25NO5.C2H6/c1-18(2,3)24-17(22)19-10-14(9-15(19)16(20)21)12-23-11-13-7-5-4-6-8-13;1-2/h4-8,14-15H,9-12H2,1-3H3,(H,20,21);1-2H3. The van der Waals surface area contributed by atoms with Gasteiger partial charge in [0.1, 0.15) is 11.6 Å². The van der Waals surface area contributed by atoms with Crippen LogP contribution in [-0.4, -0.2) is 46.9 Å². The molecule has 1 aromatic carbocycles. The molecule has 2 unspecified atom stereocenters. The van der Waals surface area contributed by atoms with E-state index < -0.39 is 23.7 Å². The number of benzene rings is 1. The summed E-state index contributed by atoms with van der Waals surface area (Å²) in [6, 6.07) is 8.92. The molecule has 6 nitrogen and oxygen atoms in total. The minimum atomic E-state index is -1.01. The van der Waals surface area contributed by atoms with Gasteiger partial charge in [0.15, 0.2) is 0 Å². The van der Waals surface area contributed by atoms with Gasteiger partial charge in [0.2, 0.25) is 0 Å². The zero-order chi connectivity index (χ0) is 19.7. The average molecular weight is 365 g/mol. The average Bonchev–Trinajstić information content (AvgIpc) is 3.01. The van der Waals surface area contributed by atoms with Crippen LogP contribution in [0.3, 0.4) is 0 Å². The molecule has 0 bridgehead atoms. The minimum absolute atomic E-state index is 0.0117. The summed E-state index contributed by atoms with van der Waals surface area (Å²) in [5.41, 5.74) is 0.413. The number of nitrogens with zero attached hydrogens (tertiary/aromatic N) is 1. The number of aliphatic carboxylic acids is 1. The predicted molar refractivity (Wildman–Crippen MR) is 99.9 cm³/mol. The van der Waals surface area contributed by atoms with Gasteiger partial charge in [-0.05, 0) is 32.8 Å². The third-order valence-corrected chi connectivity index (χ3v) is 3.77. The maximum atomic E-state index is 12.2. The number of hydrogen-bond donors (Lipinski definition) is 1. The SMILES string of the molecule is CC.CC(C)(C)OC(=O)N1CC(COCc2ccccc2)CC1C(=O)O. The molecule has 1 heterocycles. The lowest BCUT2D eigenvalue weighted by Gasteiger charge is -2.26. The monoisotopic (exact) mass is 365 g/mol. The van der Waals surface area contributed by atoms with Crippen LogP contribution >= 0.6 is 0 Å². The zero-order valence-corrected chi connectivity index (χ0v) is 16.4. The normalized spacial score (nSPS) is 19.5. The van der Waals surface area contributed by atoms with E-state index in [0.29, 0.717) is 26.2 Å². The number of hydrogen-bond acceptors (Lipinski definition) is 4. The van der Waals surface area contributed by atoms with Gasteiger partial charge in [-0.1, -0.05) is 44.2 Å². The predicted octanol–water partition coefficient (Wildman–Crippen LogP) is 3.94. The summed E-state index contributed by atoms with van der Waals surface area (Å²) in [4.78, 5) is 24.9. The lowest BCUT2D eigenvalue weighted by molar-refractivity contribution is -0.142. The van der Waals surface area contributed by atoms with Crippen molar-refractivity contribution in [1.82, 2.24) is 4.90 Å². The van der Waals surface area contributed by atoms with E-state index in [1.54, 1.807) is 20.8 Å². The highest BCUT2D eigenvalue weighted by Gasteiger charge is 2.41. The first-order chi connectivity index (χ1) is 12.3. The fraction of sp³-hybridized carbons (Fsp3) is 0.600. The highest BCUT2D eigenvalue weighted by Crippen LogP contribution is 2.26. The van der Waals surface area contributed by atoms with Crippen LogP contribution in [-0.2, 0) is 20.9 Å². The van der Waals surface area contributed by atoms with Gasteiger partial charge >= 0.3 is 12.1 Å². The Morgan fingerprint density at radius 1 is 1.19 bits per heavy atom. The van der Waals surface area contributed by atoms with Crippen LogP contribution < -0.4 is 0 Å². The maximum absolute atomic E-state index is 12.2. The van der Waals surface area contributed by atoms with Crippen molar-refractivity contribution in [2.75, 3.05) is 13.2 Å². The molecule has 26 heavy (non-hydrogen) atoms. The van der Waals surface area contributed by atoms with E-state index in [2.05, 4.69) is 0 Å². The van der Waals surface area contributed by atoms with Gasteiger partial charge < -0.3 is 14.6 Å². The Kier molecular flexibility index (Phi) is 8.58. The Bertz CT molecular complexity index is 567. The van der Waals surface area contributed by atoms with Gasteiger partial charge in [-0.15, -0.1) is 0 Å². The topological polar surface area (TPSA) is 76.1 Å². The van der Waals surface area contributed by atoms with Crippen LogP contribution in [0.15, 0.2) is 30.3 Å². The van der Waals surface area contributed by atoms with E-state index in [1.165, 1.54) is 4.90 Å². The molecule has 0 spiro atoms. The molecular formula is C20H31NO5. The van der Waals surface area contributed by atoms with E-state index in [0.717, 1.165) is 5.56 Å². The number of likely N-dealkylation sites (tertiary alicyclic amines) is 1. The van der Waals surface area contributed by atoms with Gasteiger partial charge in [-0.2, -0.15) is 0 Å². The van der Waals surface area contributed by atoms with Crippen molar-refractivity contribution in [1.29, 1.82) is 0 Å². The smallest absolute Gasteiger partial charge is 0.411 e. The first kappa shape index (κ1) is 22.0. The number of carbonyl (C=O) groups is 2.